The van der Waals surface area contributed by atoms with Gasteiger partial charge in [-0.15, -0.1) is 0 Å². The van der Waals surface area contributed by atoms with Crippen LogP contribution in [0.4, 0.5) is 19.6 Å². The van der Waals surface area contributed by atoms with Gasteiger partial charge in [0.25, 0.3) is 5.56 Å². The first-order valence-electron chi connectivity index (χ1n) is 11.0. The van der Waals surface area contributed by atoms with Crippen molar-refractivity contribution in [3.05, 3.63) is 46.5 Å². The van der Waals surface area contributed by atoms with Gasteiger partial charge in [0.15, 0.2) is 10.8 Å². The van der Waals surface area contributed by atoms with Gasteiger partial charge in [0.2, 0.25) is 11.8 Å². The van der Waals surface area contributed by atoms with Crippen molar-refractivity contribution in [2.45, 2.75) is 32.7 Å². The van der Waals surface area contributed by atoms with Gasteiger partial charge in [-0.2, -0.15) is 4.98 Å². The predicted octanol–water partition coefficient (Wildman–Crippen LogP) is 2.51. The fourth-order valence-corrected chi connectivity index (χ4v) is 4.78. The minimum absolute atomic E-state index is 0.0221. The third-order valence-corrected chi connectivity index (χ3v) is 6.59. The van der Waals surface area contributed by atoms with Gasteiger partial charge in [0.1, 0.15) is 29.2 Å². The molecule has 12 heteroatoms. The molecule has 1 aromatic carbocycles. The monoisotopic (exact) mass is 490 g/mol. The molecule has 4 rings (SSSR count). The summed E-state index contributed by atoms with van der Waals surface area (Å²) >= 11 is 1.16. The minimum atomic E-state index is -0.786. The van der Waals surface area contributed by atoms with E-state index < -0.39 is 29.6 Å². The molecule has 0 spiro atoms. The Kier molecular flexibility index (Phi) is 7.15. The number of fused-ring (bicyclic) bond motifs is 1. The third kappa shape index (κ3) is 5.22. The molecule has 34 heavy (non-hydrogen) atoms. The van der Waals surface area contributed by atoms with Crippen LogP contribution in [0.15, 0.2) is 29.3 Å². The van der Waals surface area contributed by atoms with Crippen LogP contribution in [0, 0.1) is 17.6 Å². The van der Waals surface area contributed by atoms with Gasteiger partial charge in [-0.05, 0) is 31.4 Å². The van der Waals surface area contributed by atoms with Crippen LogP contribution in [-0.4, -0.2) is 46.0 Å². The topological polar surface area (TPSA) is 109 Å². The van der Waals surface area contributed by atoms with E-state index in [1.807, 2.05) is 11.8 Å². The maximum absolute atomic E-state index is 13.8. The third-order valence-electron chi connectivity index (χ3n) is 5.50. The predicted molar refractivity (Wildman–Crippen MR) is 125 cm³/mol. The summed E-state index contributed by atoms with van der Waals surface area (Å²) in [6, 6.07) is 2.71. The number of carbonyl (C=O) groups excluding carboxylic acids is 2. The summed E-state index contributed by atoms with van der Waals surface area (Å²) in [7, 11) is 0. The first kappa shape index (κ1) is 23.7. The van der Waals surface area contributed by atoms with Crippen molar-refractivity contribution in [1.29, 1.82) is 0 Å². The van der Waals surface area contributed by atoms with E-state index >= 15 is 0 Å². The van der Waals surface area contributed by atoms with E-state index in [0.29, 0.717) is 24.8 Å². The standard InChI is InChI=1S/C22H24F2N6O3S/c1-2-7-25-20(32)13-4-3-8-29(10-13)22-28-19-18(34-22)21(33)30(12-26-19)11-17(31)27-16-9-14(23)5-6-15(16)24/h5-6,9,12-13H,2-4,7-8,10-11H2,1H3,(H,25,32)(H,27,31). The summed E-state index contributed by atoms with van der Waals surface area (Å²) in [5, 5.41) is 5.78. The number of anilines is 2. The molecular weight excluding hydrogens is 466 g/mol. The number of benzene rings is 1. The molecule has 2 N–H and O–H groups in total. The molecule has 2 amide bonds. The fraction of sp³-hybridized carbons (Fsp3) is 0.409. The lowest BCUT2D eigenvalue weighted by atomic mass is 9.97. The highest BCUT2D eigenvalue weighted by Gasteiger charge is 2.28. The molecule has 1 aliphatic rings. The van der Waals surface area contributed by atoms with Gasteiger partial charge in [-0.3, -0.25) is 19.0 Å². The molecule has 0 saturated carbocycles. The Morgan fingerprint density at radius 2 is 2.12 bits per heavy atom. The van der Waals surface area contributed by atoms with Gasteiger partial charge in [0.05, 0.1) is 11.6 Å². The van der Waals surface area contributed by atoms with Gasteiger partial charge in [-0.25, -0.2) is 13.8 Å². The quantitative estimate of drug-likeness (QED) is 0.527. The SMILES string of the molecule is CCCNC(=O)C1CCCN(c2nc3ncn(CC(=O)Nc4cc(F)ccc4F)c(=O)c3s2)C1. The molecule has 180 valence electrons. The number of thiazole rings is 1. The number of carbonyl (C=O) groups is 2. The molecule has 0 bridgehead atoms. The number of hydrogen-bond acceptors (Lipinski definition) is 7. The second kappa shape index (κ2) is 10.2. The minimum Gasteiger partial charge on any atom is -0.356 e. The Hall–Kier alpha value is -3.41. The zero-order valence-corrected chi connectivity index (χ0v) is 19.3. The lowest BCUT2D eigenvalue weighted by Crippen LogP contribution is -2.43. The Balaban J connectivity index is 1.49. The van der Waals surface area contributed by atoms with Gasteiger partial charge >= 0.3 is 0 Å². The van der Waals surface area contributed by atoms with E-state index in [0.717, 1.165) is 53.4 Å². The second-order valence-corrected chi connectivity index (χ2v) is 9.05. The van der Waals surface area contributed by atoms with Gasteiger partial charge in [0, 0.05) is 25.7 Å². The van der Waals surface area contributed by atoms with Crippen LogP contribution in [0.2, 0.25) is 0 Å². The molecule has 9 nitrogen and oxygen atoms in total. The molecule has 1 atom stereocenters. The largest absolute Gasteiger partial charge is 0.356 e. The molecule has 1 unspecified atom stereocenters. The van der Waals surface area contributed by atoms with Crippen molar-refractivity contribution in [1.82, 2.24) is 19.9 Å². The Morgan fingerprint density at radius 3 is 2.91 bits per heavy atom. The number of amides is 2. The Morgan fingerprint density at radius 1 is 1.29 bits per heavy atom. The van der Waals surface area contributed by atoms with Crippen LogP contribution in [0.3, 0.4) is 0 Å². The van der Waals surface area contributed by atoms with Gasteiger partial charge in [-0.1, -0.05) is 18.3 Å². The van der Waals surface area contributed by atoms with E-state index in [-0.39, 0.29) is 27.9 Å². The van der Waals surface area contributed by atoms with Crippen molar-refractivity contribution in [2.24, 2.45) is 5.92 Å². The summed E-state index contributed by atoms with van der Waals surface area (Å²) in [6.45, 7) is 3.43. The van der Waals surface area contributed by atoms with E-state index in [9.17, 15) is 23.2 Å². The van der Waals surface area contributed by atoms with Crippen molar-refractivity contribution in [2.75, 3.05) is 29.9 Å². The molecule has 1 saturated heterocycles. The normalized spacial score (nSPS) is 16.0. The molecule has 1 fully saturated rings. The first-order valence-corrected chi connectivity index (χ1v) is 11.8. The summed E-state index contributed by atoms with van der Waals surface area (Å²) < 4.78 is 28.5. The van der Waals surface area contributed by atoms with Crippen molar-refractivity contribution in [3.8, 4) is 0 Å². The van der Waals surface area contributed by atoms with E-state index in [4.69, 9.17) is 0 Å². The number of hydrogen-bond donors (Lipinski definition) is 2. The van der Waals surface area contributed by atoms with Crippen molar-refractivity contribution >= 4 is 44.3 Å². The average molecular weight is 491 g/mol. The zero-order chi connectivity index (χ0) is 24.2. The van der Waals surface area contributed by atoms with Crippen LogP contribution in [0.5, 0.6) is 0 Å². The first-order chi connectivity index (χ1) is 16.4. The average Bonchev–Trinajstić information content (AvgIpc) is 3.27. The lowest BCUT2D eigenvalue weighted by molar-refractivity contribution is -0.125. The van der Waals surface area contributed by atoms with E-state index in [2.05, 4.69) is 20.6 Å². The van der Waals surface area contributed by atoms with Crippen molar-refractivity contribution < 1.29 is 18.4 Å². The lowest BCUT2D eigenvalue weighted by Gasteiger charge is -2.31. The number of nitrogens with one attached hydrogen (secondary N) is 2. The summed E-state index contributed by atoms with van der Waals surface area (Å²) in [6.07, 6.45) is 3.69. The second-order valence-electron chi connectivity index (χ2n) is 8.08. The highest BCUT2D eigenvalue weighted by Crippen LogP contribution is 2.29. The van der Waals surface area contributed by atoms with E-state index in [1.54, 1.807) is 0 Å². The molecule has 3 aromatic rings. The molecule has 1 aliphatic heterocycles. The Labute approximate surface area is 197 Å². The van der Waals surface area contributed by atoms with Crippen LogP contribution in [0.25, 0.3) is 10.3 Å². The zero-order valence-electron chi connectivity index (χ0n) is 18.5. The molecule has 0 radical (unpaired) electrons. The number of rotatable bonds is 7. The molecule has 3 heterocycles. The number of piperidine rings is 1. The molecular formula is C22H24F2N6O3S. The van der Waals surface area contributed by atoms with Crippen LogP contribution < -0.4 is 21.1 Å². The summed E-state index contributed by atoms with van der Waals surface area (Å²) in [5.74, 6) is -2.31. The molecule has 0 aliphatic carbocycles. The number of halogens is 2. The fourth-order valence-electron chi connectivity index (χ4n) is 3.78. The van der Waals surface area contributed by atoms with Crippen molar-refractivity contribution in [3.63, 3.8) is 0 Å². The smallest absolute Gasteiger partial charge is 0.273 e. The maximum Gasteiger partial charge on any atom is 0.273 e. The van der Waals surface area contributed by atoms with Crippen LogP contribution in [-0.2, 0) is 16.1 Å². The van der Waals surface area contributed by atoms with E-state index in [1.165, 1.54) is 6.33 Å². The maximum atomic E-state index is 13.8. The molecule has 2 aromatic heterocycles. The number of nitrogens with zero attached hydrogens (tertiary/aromatic N) is 4. The van der Waals surface area contributed by atoms with Crippen LogP contribution >= 0.6 is 11.3 Å². The Bertz CT molecular complexity index is 1280. The highest BCUT2D eigenvalue weighted by molar-refractivity contribution is 7.22. The summed E-state index contributed by atoms with van der Waals surface area (Å²) in [5.41, 5.74) is -0.511. The van der Waals surface area contributed by atoms with Gasteiger partial charge < -0.3 is 15.5 Å². The van der Waals surface area contributed by atoms with Crippen LogP contribution in [0.1, 0.15) is 26.2 Å². The highest BCUT2D eigenvalue weighted by atomic mass is 32.1. The summed E-state index contributed by atoms with van der Waals surface area (Å²) in [4.78, 5) is 48.2. The number of aromatic nitrogens is 3.